The van der Waals surface area contributed by atoms with E-state index >= 15 is 0 Å². The van der Waals surface area contributed by atoms with Crippen molar-refractivity contribution in [2.45, 2.75) is 231 Å². The lowest BCUT2D eigenvalue weighted by atomic mass is 10.0. The number of hydrogen-bond acceptors (Lipinski definition) is 9. The van der Waals surface area contributed by atoms with Gasteiger partial charge in [-0.3, -0.25) is 23.4 Å². The van der Waals surface area contributed by atoms with Crippen LogP contribution in [0.2, 0.25) is 0 Å². The highest BCUT2D eigenvalue weighted by atomic mass is 31.2. The number of phosphoric acid groups is 1. The molecule has 1 unspecified atom stereocenters. The summed E-state index contributed by atoms with van der Waals surface area (Å²) < 4.78 is 32.7. The molecule has 0 fully saturated rings. The van der Waals surface area contributed by atoms with E-state index in [2.05, 4.69) is 30.5 Å². The number of esters is 2. The number of ether oxygens (including phenoxy) is 2. The molecule has 0 aromatic carbocycles. The van der Waals surface area contributed by atoms with E-state index in [1.54, 1.807) is 0 Å². The first kappa shape index (κ1) is 54.2. The summed E-state index contributed by atoms with van der Waals surface area (Å²) in [5.41, 5.74) is 5.34. The Hall–Kier alpha value is -1.78. The second kappa shape index (κ2) is 40.0. The number of nitrogens with two attached hydrogens (primary N) is 1. The van der Waals surface area contributed by atoms with Crippen LogP contribution in [0.25, 0.3) is 0 Å². The van der Waals surface area contributed by atoms with E-state index in [1.807, 2.05) is 0 Å². The van der Waals surface area contributed by atoms with Crippen LogP contribution in [0.15, 0.2) is 12.2 Å². The third kappa shape index (κ3) is 39.1. The van der Waals surface area contributed by atoms with Gasteiger partial charge in [-0.05, 0) is 38.5 Å². The summed E-state index contributed by atoms with van der Waals surface area (Å²) in [6.45, 7) is 2.81. The number of aliphatic carboxylic acids is 1. The minimum Gasteiger partial charge on any atom is -0.480 e. The smallest absolute Gasteiger partial charge is 0.472 e. The third-order valence-electron chi connectivity index (χ3n) is 10.0. The van der Waals surface area contributed by atoms with Crippen molar-refractivity contribution >= 4 is 25.7 Å². The summed E-state index contributed by atoms with van der Waals surface area (Å²) in [7, 11) is -4.71. The first-order valence-corrected chi connectivity index (χ1v) is 24.2. The molecule has 0 bridgehead atoms. The zero-order valence-corrected chi connectivity index (χ0v) is 36.6. The first-order chi connectivity index (χ1) is 27.1. The van der Waals surface area contributed by atoms with E-state index < -0.39 is 51.1 Å². The van der Waals surface area contributed by atoms with Gasteiger partial charge in [0.15, 0.2) is 6.10 Å². The molecule has 0 saturated heterocycles. The van der Waals surface area contributed by atoms with Crippen LogP contribution in [-0.4, -0.2) is 59.9 Å². The lowest BCUT2D eigenvalue weighted by Crippen LogP contribution is -2.34. The lowest BCUT2D eigenvalue weighted by Gasteiger charge is -2.20. The predicted molar refractivity (Wildman–Crippen MR) is 226 cm³/mol. The Morgan fingerprint density at radius 1 is 0.536 bits per heavy atom. The van der Waals surface area contributed by atoms with Gasteiger partial charge in [-0.15, -0.1) is 0 Å². The fourth-order valence-electron chi connectivity index (χ4n) is 6.41. The van der Waals surface area contributed by atoms with Crippen LogP contribution in [-0.2, 0) is 37.5 Å². The number of unbranched alkanes of at least 4 members (excludes halogenated alkanes) is 27. The quantitative estimate of drug-likeness (QED) is 0.0231. The van der Waals surface area contributed by atoms with Gasteiger partial charge >= 0.3 is 25.7 Å². The SMILES string of the molecule is CCCCCCCCCC/C=C/CCCCCC(=O)OC[C@H](COP(=O)(O)OC[C@H](N)C(=O)O)OC(=O)CCCCCCCCCCCCCCCCCCC. The van der Waals surface area contributed by atoms with Crippen molar-refractivity contribution in [2.75, 3.05) is 19.8 Å². The normalized spacial score (nSPS) is 13.8. The van der Waals surface area contributed by atoms with Crippen molar-refractivity contribution in [2.24, 2.45) is 5.73 Å². The fourth-order valence-corrected chi connectivity index (χ4v) is 7.19. The van der Waals surface area contributed by atoms with E-state index in [0.29, 0.717) is 12.8 Å². The minimum absolute atomic E-state index is 0.164. The number of allylic oxidation sites excluding steroid dienone is 2. The molecule has 0 heterocycles. The van der Waals surface area contributed by atoms with Crippen molar-refractivity contribution in [3.05, 3.63) is 12.2 Å². The number of hydrogen-bond donors (Lipinski definition) is 3. The van der Waals surface area contributed by atoms with Crippen LogP contribution < -0.4 is 5.73 Å². The van der Waals surface area contributed by atoms with Gasteiger partial charge in [-0.1, -0.05) is 180 Å². The average Bonchev–Trinajstić information content (AvgIpc) is 3.17. The second-order valence-corrected chi connectivity index (χ2v) is 17.0. The summed E-state index contributed by atoms with van der Waals surface area (Å²) in [6.07, 6.45) is 39.9. The van der Waals surface area contributed by atoms with Crippen LogP contribution in [0, 0.1) is 0 Å². The zero-order chi connectivity index (χ0) is 41.4. The molecule has 4 N–H and O–H groups in total. The molecule has 0 rings (SSSR count). The summed E-state index contributed by atoms with van der Waals surface area (Å²) >= 11 is 0. The first-order valence-electron chi connectivity index (χ1n) is 22.7. The number of phosphoric ester groups is 1. The van der Waals surface area contributed by atoms with Gasteiger partial charge in [0, 0.05) is 12.8 Å². The highest BCUT2D eigenvalue weighted by Gasteiger charge is 2.28. The van der Waals surface area contributed by atoms with E-state index in [-0.39, 0.29) is 19.4 Å². The van der Waals surface area contributed by atoms with Crippen molar-refractivity contribution in [1.82, 2.24) is 0 Å². The van der Waals surface area contributed by atoms with E-state index in [9.17, 15) is 23.8 Å². The third-order valence-corrected chi connectivity index (χ3v) is 11.0. The fraction of sp³-hybridized carbons (Fsp3) is 0.886. The van der Waals surface area contributed by atoms with Crippen LogP contribution in [0.3, 0.4) is 0 Å². The standard InChI is InChI=1S/C44H84NO10P/c1-3-5-7-9-11-13-15-17-19-20-22-24-26-28-30-32-34-36-43(47)55-40(38-53-56(50,51)54-39-41(45)44(48)49)37-52-42(46)35-33-31-29-27-25-23-21-18-16-14-12-10-8-6-4-2/h23,25,40-41H,3-22,24,26-39,45H2,1-2H3,(H,48,49)(H,50,51)/b25-23+/t40-,41+/m1/s1. The molecule has 0 saturated carbocycles. The molecule has 12 heteroatoms. The van der Waals surface area contributed by atoms with Crippen molar-refractivity contribution in [1.29, 1.82) is 0 Å². The van der Waals surface area contributed by atoms with Gasteiger partial charge in [0.05, 0.1) is 13.2 Å². The molecule has 0 amide bonds. The van der Waals surface area contributed by atoms with Gasteiger partial charge in [0.1, 0.15) is 12.6 Å². The number of carbonyl (C=O) groups excluding carboxylic acids is 2. The van der Waals surface area contributed by atoms with Crippen LogP contribution in [0.1, 0.15) is 219 Å². The molecule has 0 aromatic rings. The highest BCUT2D eigenvalue weighted by molar-refractivity contribution is 7.47. The maximum atomic E-state index is 12.6. The Bertz CT molecular complexity index is 1010. The summed E-state index contributed by atoms with van der Waals surface area (Å²) in [5, 5.41) is 8.89. The van der Waals surface area contributed by atoms with Crippen LogP contribution in [0.5, 0.6) is 0 Å². The molecule has 0 radical (unpaired) electrons. The summed E-state index contributed by atoms with van der Waals surface area (Å²) in [6, 6.07) is -1.52. The zero-order valence-electron chi connectivity index (χ0n) is 35.7. The van der Waals surface area contributed by atoms with Crippen molar-refractivity contribution in [3.63, 3.8) is 0 Å². The summed E-state index contributed by atoms with van der Waals surface area (Å²) in [5.74, 6) is -2.38. The Morgan fingerprint density at radius 2 is 0.893 bits per heavy atom. The van der Waals surface area contributed by atoms with Gasteiger partial charge < -0.3 is 25.2 Å². The molecule has 0 aliphatic heterocycles. The van der Waals surface area contributed by atoms with E-state index in [1.165, 1.54) is 135 Å². The maximum Gasteiger partial charge on any atom is 0.472 e. The molecule has 0 aliphatic carbocycles. The van der Waals surface area contributed by atoms with Crippen molar-refractivity contribution < 1.29 is 47.5 Å². The molecule has 3 atom stereocenters. The molecule has 0 spiro atoms. The van der Waals surface area contributed by atoms with E-state index in [0.717, 1.165) is 44.9 Å². The lowest BCUT2D eigenvalue weighted by molar-refractivity contribution is -0.161. The summed E-state index contributed by atoms with van der Waals surface area (Å²) in [4.78, 5) is 46.0. The van der Waals surface area contributed by atoms with Gasteiger partial charge in [0.25, 0.3) is 0 Å². The van der Waals surface area contributed by atoms with Crippen LogP contribution >= 0.6 is 7.82 Å². The van der Waals surface area contributed by atoms with Gasteiger partial charge in [0.2, 0.25) is 0 Å². The number of carboxylic acids is 1. The molecular formula is C44H84NO10P. The Labute approximate surface area is 341 Å². The molecule has 11 nitrogen and oxygen atoms in total. The maximum absolute atomic E-state index is 12.6. The van der Waals surface area contributed by atoms with Crippen molar-refractivity contribution in [3.8, 4) is 0 Å². The molecule has 56 heavy (non-hydrogen) atoms. The molecule has 330 valence electrons. The predicted octanol–water partition coefficient (Wildman–Crippen LogP) is 12.1. The van der Waals surface area contributed by atoms with Gasteiger partial charge in [-0.2, -0.15) is 0 Å². The minimum atomic E-state index is -4.71. The Morgan fingerprint density at radius 3 is 1.32 bits per heavy atom. The molecule has 0 aromatic heterocycles. The molecule has 0 aliphatic rings. The largest absolute Gasteiger partial charge is 0.480 e. The number of carboxylic acid groups (broad SMARTS) is 1. The van der Waals surface area contributed by atoms with Gasteiger partial charge in [-0.25, -0.2) is 4.57 Å². The Balaban J connectivity index is 4.32. The van der Waals surface area contributed by atoms with E-state index in [4.69, 9.17) is 24.8 Å². The molecular weight excluding hydrogens is 733 g/mol. The number of rotatable bonds is 43. The Kier molecular flexibility index (Phi) is 38.7. The highest BCUT2D eigenvalue weighted by Crippen LogP contribution is 2.43. The monoisotopic (exact) mass is 818 g/mol. The second-order valence-electron chi connectivity index (χ2n) is 15.5. The number of carbonyl (C=O) groups is 3. The topological polar surface area (TPSA) is 172 Å². The van der Waals surface area contributed by atoms with Crippen LogP contribution in [0.4, 0.5) is 0 Å². The average molecular weight is 818 g/mol.